The molecule has 1 heteroatoms. The van der Waals surface area contributed by atoms with Gasteiger partial charge in [-0.3, -0.25) is 0 Å². The van der Waals surface area contributed by atoms with Gasteiger partial charge in [-0.25, -0.2) is 4.39 Å². The van der Waals surface area contributed by atoms with Crippen molar-refractivity contribution < 1.29 is 4.39 Å². The molecule has 0 aromatic heterocycles. The Bertz CT molecular complexity index is 854. The molecule has 0 N–H and O–H groups in total. The second-order valence-corrected chi connectivity index (χ2v) is 7.16. The number of rotatable bonds is 3. The molecule has 0 saturated heterocycles. The van der Waals surface area contributed by atoms with Crippen molar-refractivity contribution in [3.63, 3.8) is 0 Å². The van der Waals surface area contributed by atoms with Crippen molar-refractivity contribution in [3.8, 4) is 22.3 Å². The average molecular weight is 330 g/mol. The average Bonchev–Trinajstić information content (AvgIpc) is 3.17. The van der Waals surface area contributed by atoms with Crippen LogP contribution in [-0.2, 0) is 0 Å². The molecule has 3 aromatic rings. The zero-order valence-electron chi connectivity index (χ0n) is 14.6. The normalized spacial score (nSPS) is 14.8. The first-order valence-corrected chi connectivity index (χ1v) is 9.17. The lowest BCUT2D eigenvalue weighted by Gasteiger charge is -2.11. The third-order valence-corrected chi connectivity index (χ3v) is 5.40. The fourth-order valence-corrected chi connectivity index (χ4v) is 3.87. The lowest BCUT2D eigenvalue weighted by molar-refractivity contribution is 0.632. The third kappa shape index (κ3) is 3.37. The Labute approximate surface area is 149 Å². The second-order valence-electron chi connectivity index (χ2n) is 7.16. The van der Waals surface area contributed by atoms with Gasteiger partial charge in [0.25, 0.3) is 0 Å². The maximum atomic E-state index is 14.7. The molecule has 0 aliphatic heterocycles. The molecule has 0 spiro atoms. The van der Waals surface area contributed by atoms with Crippen LogP contribution in [0, 0.1) is 12.7 Å². The quantitative estimate of drug-likeness (QED) is 0.479. The molecule has 0 radical (unpaired) electrons. The zero-order chi connectivity index (χ0) is 17.2. The number of aryl methyl sites for hydroxylation is 1. The second kappa shape index (κ2) is 6.84. The van der Waals surface area contributed by atoms with Gasteiger partial charge in [0, 0.05) is 5.56 Å². The Kier molecular flexibility index (Phi) is 4.40. The van der Waals surface area contributed by atoms with Crippen molar-refractivity contribution >= 4 is 0 Å². The molecule has 1 aliphatic rings. The summed E-state index contributed by atoms with van der Waals surface area (Å²) in [5.74, 6) is 0.537. The largest absolute Gasteiger partial charge is 0.206 e. The molecular weight excluding hydrogens is 307 g/mol. The molecule has 0 heterocycles. The highest BCUT2D eigenvalue weighted by Crippen LogP contribution is 2.35. The first kappa shape index (κ1) is 16.1. The molecule has 0 amide bonds. The van der Waals surface area contributed by atoms with Crippen LogP contribution in [0.5, 0.6) is 0 Å². The van der Waals surface area contributed by atoms with Gasteiger partial charge in [0.1, 0.15) is 5.82 Å². The topological polar surface area (TPSA) is 0 Å². The standard InChI is InChI=1S/C24H23F/c1-17-6-8-20(9-7-17)22-14-15-23(24(25)16-22)21-12-10-19(11-13-21)18-4-2-3-5-18/h6-16,18H,2-5H2,1H3. The molecule has 1 fully saturated rings. The Hall–Kier alpha value is -2.41. The maximum absolute atomic E-state index is 14.7. The lowest BCUT2D eigenvalue weighted by Crippen LogP contribution is -1.92. The van der Waals surface area contributed by atoms with Gasteiger partial charge >= 0.3 is 0 Å². The van der Waals surface area contributed by atoms with Crippen molar-refractivity contribution in [2.24, 2.45) is 0 Å². The van der Waals surface area contributed by atoms with Gasteiger partial charge in [-0.1, -0.05) is 79.1 Å². The third-order valence-electron chi connectivity index (χ3n) is 5.40. The van der Waals surface area contributed by atoms with Crippen LogP contribution < -0.4 is 0 Å². The molecule has 0 atom stereocenters. The predicted molar refractivity (Wildman–Crippen MR) is 103 cm³/mol. The predicted octanol–water partition coefficient (Wildman–Crippen LogP) is 7.13. The minimum Gasteiger partial charge on any atom is -0.206 e. The SMILES string of the molecule is Cc1ccc(-c2ccc(-c3ccc(C4CCCC4)cc3)c(F)c2)cc1. The van der Waals surface area contributed by atoms with E-state index in [0.29, 0.717) is 11.5 Å². The molecule has 1 aliphatic carbocycles. The van der Waals surface area contributed by atoms with Gasteiger partial charge in [-0.2, -0.15) is 0 Å². The summed E-state index contributed by atoms with van der Waals surface area (Å²) in [4.78, 5) is 0. The van der Waals surface area contributed by atoms with E-state index in [1.54, 1.807) is 6.07 Å². The van der Waals surface area contributed by atoms with E-state index in [0.717, 1.165) is 16.7 Å². The monoisotopic (exact) mass is 330 g/mol. The van der Waals surface area contributed by atoms with Crippen molar-refractivity contribution in [1.82, 2.24) is 0 Å². The molecule has 0 unspecified atom stereocenters. The summed E-state index contributed by atoms with van der Waals surface area (Å²) in [6.07, 6.45) is 5.25. The van der Waals surface area contributed by atoms with Gasteiger partial charge in [0.05, 0.1) is 0 Å². The summed E-state index contributed by atoms with van der Waals surface area (Å²) in [6.45, 7) is 2.06. The van der Waals surface area contributed by atoms with E-state index in [2.05, 4.69) is 43.3 Å². The van der Waals surface area contributed by atoms with Crippen molar-refractivity contribution in [1.29, 1.82) is 0 Å². The van der Waals surface area contributed by atoms with E-state index in [4.69, 9.17) is 0 Å². The molecule has 126 valence electrons. The number of benzene rings is 3. The Morgan fingerprint density at radius 2 is 1.32 bits per heavy atom. The van der Waals surface area contributed by atoms with E-state index >= 15 is 0 Å². The zero-order valence-corrected chi connectivity index (χ0v) is 14.6. The number of hydrogen-bond acceptors (Lipinski definition) is 0. The molecule has 25 heavy (non-hydrogen) atoms. The summed E-state index contributed by atoms with van der Waals surface area (Å²) in [7, 11) is 0. The maximum Gasteiger partial charge on any atom is 0.131 e. The minimum atomic E-state index is -0.160. The molecule has 3 aromatic carbocycles. The fourth-order valence-electron chi connectivity index (χ4n) is 3.87. The van der Waals surface area contributed by atoms with Crippen LogP contribution in [0.3, 0.4) is 0 Å². The summed E-state index contributed by atoms with van der Waals surface area (Å²) in [5.41, 5.74) is 6.21. The van der Waals surface area contributed by atoms with E-state index in [1.807, 2.05) is 24.3 Å². The Morgan fingerprint density at radius 1 is 0.720 bits per heavy atom. The summed E-state index contributed by atoms with van der Waals surface area (Å²) in [5, 5.41) is 0. The Balaban J connectivity index is 1.61. The van der Waals surface area contributed by atoms with Gasteiger partial charge in [0.2, 0.25) is 0 Å². The minimum absolute atomic E-state index is 0.160. The lowest BCUT2D eigenvalue weighted by atomic mass is 9.94. The summed E-state index contributed by atoms with van der Waals surface area (Å²) >= 11 is 0. The highest BCUT2D eigenvalue weighted by atomic mass is 19.1. The van der Waals surface area contributed by atoms with Crippen LogP contribution >= 0.6 is 0 Å². The van der Waals surface area contributed by atoms with E-state index in [9.17, 15) is 4.39 Å². The Morgan fingerprint density at radius 3 is 1.96 bits per heavy atom. The van der Waals surface area contributed by atoms with Crippen molar-refractivity contribution in [2.45, 2.75) is 38.5 Å². The van der Waals surface area contributed by atoms with Crippen LogP contribution in [0.4, 0.5) is 4.39 Å². The van der Waals surface area contributed by atoms with Crippen LogP contribution in [0.25, 0.3) is 22.3 Å². The van der Waals surface area contributed by atoms with Gasteiger partial charge in [-0.15, -0.1) is 0 Å². The van der Waals surface area contributed by atoms with E-state index in [-0.39, 0.29) is 5.82 Å². The molecule has 4 rings (SSSR count). The summed E-state index contributed by atoms with van der Waals surface area (Å²) < 4.78 is 14.7. The molecular formula is C24H23F. The first-order valence-electron chi connectivity index (χ1n) is 9.17. The van der Waals surface area contributed by atoms with Crippen LogP contribution in [0.1, 0.15) is 42.7 Å². The van der Waals surface area contributed by atoms with E-state index in [1.165, 1.54) is 36.8 Å². The van der Waals surface area contributed by atoms with Crippen molar-refractivity contribution in [2.75, 3.05) is 0 Å². The number of halogens is 1. The highest BCUT2D eigenvalue weighted by molar-refractivity contribution is 5.71. The van der Waals surface area contributed by atoms with Gasteiger partial charge in [-0.05, 0) is 54.0 Å². The van der Waals surface area contributed by atoms with E-state index < -0.39 is 0 Å². The smallest absolute Gasteiger partial charge is 0.131 e. The fraction of sp³-hybridized carbons (Fsp3) is 0.250. The molecule has 0 nitrogen and oxygen atoms in total. The molecule has 1 saturated carbocycles. The van der Waals surface area contributed by atoms with Crippen LogP contribution in [0.2, 0.25) is 0 Å². The van der Waals surface area contributed by atoms with Gasteiger partial charge in [0.15, 0.2) is 0 Å². The highest BCUT2D eigenvalue weighted by Gasteiger charge is 2.17. The molecule has 0 bridgehead atoms. The summed E-state index contributed by atoms with van der Waals surface area (Å²) in [6, 6.07) is 22.2. The van der Waals surface area contributed by atoms with Gasteiger partial charge < -0.3 is 0 Å². The first-order chi connectivity index (χ1) is 12.2. The van der Waals surface area contributed by atoms with Crippen LogP contribution in [-0.4, -0.2) is 0 Å². The van der Waals surface area contributed by atoms with Crippen molar-refractivity contribution in [3.05, 3.63) is 83.7 Å². The number of hydrogen-bond donors (Lipinski definition) is 0. The van der Waals surface area contributed by atoms with Crippen LogP contribution in [0.15, 0.2) is 66.7 Å².